The Balaban J connectivity index is 1.55. The molecule has 2 saturated heterocycles. The molecule has 2 heterocycles. The molecule has 1 saturated carbocycles. The van der Waals surface area contributed by atoms with Crippen molar-refractivity contribution in [3.8, 4) is 0 Å². The molecule has 1 aliphatic carbocycles. The van der Waals surface area contributed by atoms with Crippen molar-refractivity contribution in [1.29, 1.82) is 0 Å². The Morgan fingerprint density at radius 2 is 2.13 bits per heavy atom. The van der Waals surface area contributed by atoms with Gasteiger partial charge in [-0.2, -0.15) is 11.8 Å². The van der Waals surface area contributed by atoms with Gasteiger partial charge in [-0.1, -0.05) is 0 Å². The Labute approximate surface area is 97.2 Å². The smallest absolute Gasteiger partial charge is 0.0223 e. The van der Waals surface area contributed by atoms with Crippen LogP contribution in [0.25, 0.3) is 0 Å². The topological polar surface area (TPSA) is 15.3 Å². The summed E-state index contributed by atoms with van der Waals surface area (Å²) in [6.07, 6.45) is 5.84. The van der Waals surface area contributed by atoms with Gasteiger partial charge in [0.15, 0.2) is 0 Å². The van der Waals surface area contributed by atoms with Gasteiger partial charge in [-0.3, -0.25) is 4.90 Å². The molecule has 2 unspecified atom stereocenters. The minimum Gasteiger partial charge on any atom is -0.311 e. The summed E-state index contributed by atoms with van der Waals surface area (Å²) in [6.45, 7) is 3.84. The molecule has 2 aliphatic heterocycles. The van der Waals surface area contributed by atoms with Gasteiger partial charge in [0.05, 0.1) is 0 Å². The second-order valence-corrected chi connectivity index (χ2v) is 6.41. The first-order valence-corrected chi connectivity index (χ1v) is 7.64. The maximum atomic E-state index is 3.70. The molecule has 0 spiro atoms. The Kier molecular flexibility index (Phi) is 3.23. The van der Waals surface area contributed by atoms with Crippen LogP contribution in [-0.4, -0.2) is 48.1 Å². The fraction of sp³-hybridized carbons (Fsp3) is 1.00. The minimum absolute atomic E-state index is 0.825. The molecule has 86 valence electrons. The van der Waals surface area contributed by atoms with E-state index in [4.69, 9.17) is 0 Å². The number of hydrogen-bond donors (Lipinski definition) is 1. The van der Waals surface area contributed by atoms with Crippen LogP contribution in [0.4, 0.5) is 0 Å². The van der Waals surface area contributed by atoms with E-state index in [9.17, 15) is 0 Å². The monoisotopic (exact) mass is 226 g/mol. The summed E-state index contributed by atoms with van der Waals surface area (Å²) in [4.78, 5) is 2.77. The molecular weight excluding hydrogens is 204 g/mol. The number of piperazine rings is 1. The van der Waals surface area contributed by atoms with E-state index >= 15 is 0 Å². The van der Waals surface area contributed by atoms with E-state index in [2.05, 4.69) is 22.0 Å². The lowest BCUT2D eigenvalue weighted by Crippen LogP contribution is -2.55. The van der Waals surface area contributed by atoms with Crippen LogP contribution in [0.5, 0.6) is 0 Å². The van der Waals surface area contributed by atoms with Crippen LogP contribution in [0.2, 0.25) is 0 Å². The Morgan fingerprint density at radius 3 is 2.87 bits per heavy atom. The van der Waals surface area contributed by atoms with Crippen molar-refractivity contribution in [2.75, 3.05) is 31.1 Å². The molecule has 0 bridgehead atoms. The van der Waals surface area contributed by atoms with Crippen molar-refractivity contribution in [2.45, 2.75) is 37.8 Å². The van der Waals surface area contributed by atoms with Crippen LogP contribution in [0.15, 0.2) is 0 Å². The predicted molar refractivity (Wildman–Crippen MR) is 66.4 cm³/mol. The van der Waals surface area contributed by atoms with Gasteiger partial charge in [0.2, 0.25) is 0 Å². The lowest BCUT2D eigenvalue weighted by molar-refractivity contribution is 0.139. The summed E-state index contributed by atoms with van der Waals surface area (Å²) >= 11 is 2.16. The molecule has 3 heteroatoms. The highest BCUT2D eigenvalue weighted by atomic mass is 32.2. The maximum absolute atomic E-state index is 3.70. The molecule has 2 nitrogen and oxygen atoms in total. The fourth-order valence-corrected chi connectivity index (χ4v) is 4.15. The molecule has 0 amide bonds. The quantitative estimate of drug-likeness (QED) is 0.769. The van der Waals surface area contributed by atoms with Gasteiger partial charge >= 0.3 is 0 Å². The molecule has 3 fully saturated rings. The molecule has 0 aromatic heterocycles. The normalized spacial score (nSPS) is 39.2. The van der Waals surface area contributed by atoms with Crippen LogP contribution < -0.4 is 5.32 Å². The first-order valence-electron chi connectivity index (χ1n) is 6.48. The van der Waals surface area contributed by atoms with Gasteiger partial charge in [0.25, 0.3) is 0 Å². The van der Waals surface area contributed by atoms with Crippen LogP contribution in [-0.2, 0) is 0 Å². The number of nitrogens with zero attached hydrogens (tertiary/aromatic N) is 1. The van der Waals surface area contributed by atoms with E-state index in [0.717, 1.165) is 18.0 Å². The molecule has 0 aromatic rings. The lowest BCUT2D eigenvalue weighted by Gasteiger charge is -2.40. The van der Waals surface area contributed by atoms with Crippen molar-refractivity contribution >= 4 is 11.8 Å². The number of thioether (sulfide) groups is 1. The highest BCUT2D eigenvalue weighted by Gasteiger charge is 2.35. The Bertz CT molecular complexity index is 212. The first-order chi connectivity index (χ1) is 7.43. The summed E-state index contributed by atoms with van der Waals surface area (Å²) in [5, 5.41) is 3.70. The summed E-state index contributed by atoms with van der Waals surface area (Å²) < 4.78 is 0. The third-order valence-electron chi connectivity index (χ3n) is 4.08. The lowest BCUT2D eigenvalue weighted by atomic mass is 10.1. The second-order valence-electron chi connectivity index (χ2n) is 5.26. The summed E-state index contributed by atoms with van der Waals surface area (Å²) in [5.74, 6) is 3.80. The van der Waals surface area contributed by atoms with E-state index < -0.39 is 0 Å². The Hall–Kier alpha value is 0.270. The van der Waals surface area contributed by atoms with Gasteiger partial charge in [-0.05, 0) is 37.4 Å². The molecular formula is C12H22N2S. The van der Waals surface area contributed by atoms with Gasteiger partial charge in [-0.25, -0.2) is 0 Å². The van der Waals surface area contributed by atoms with E-state index in [-0.39, 0.29) is 0 Å². The summed E-state index contributed by atoms with van der Waals surface area (Å²) in [5.41, 5.74) is 0. The fourth-order valence-electron chi connectivity index (χ4n) is 2.96. The van der Waals surface area contributed by atoms with E-state index in [0.29, 0.717) is 0 Å². The highest BCUT2D eigenvalue weighted by Crippen LogP contribution is 2.34. The zero-order valence-corrected chi connectivity index (χ0v) is 10.3. The molecule has 2 atom stereocenters. The minimum atomic E-state index is 0.825. The van der Waals surface area contributed by atoms with Gasteiger partial charge in [-0.15, -0.1) is 0 Å². The Morgan fingerprint density at radius 1 is 1.20 bits per heavy atom. The average Bonchev–Trinajstić information content (AvgIpc) is 3.14. The van der Waals surface area contributed by atoms with Crippen LogP contribution in [0, 0.1) is 5.92 Å². The standard InChI is InChI=1S/C12H22N2S/c1-2-11(9-15-7-1)14-6-5-13-12(8-14)10-3-4-10/h10-13H,1-9H2. The summed E-state index contributed by atoms with van der Waals surface area (Å²) in [7, 11) is 0. The summed E-state index contributed by atoms with van der Waals surface area (Å²) in [6, 6.07) is 1.72. The van der Waals surface area contributed by atoms with Crippen LogP contribution >= 0.6 is 11.8 Å². The van der Waals surface area contributed by atoms with Crippen molar-refractivity contribution in [2.24, 2.45) is 5.92 Å². The third kappa shape index (κ3) is 2.51. The van der Waals surface area contributed by atoms with Crippen molar-refractivity contribution in [3.63, 3.8) is 0 Å². The maximum Gasteiger partial charge on any atom is 0.0223 e. The van der Waals surface area contributed by atoms with Crippen molar-refractivity contribution in [3.05, 3.63) is 0 Å². The molecule has 0 aromatic carbocycles. The van der Waals surface area contributed by atoms with Crippen LogP contribution in [0.3, 0.4) is 0 Å². The van der Waals surface area contributed by atoms with Gasteiger partial charge in [0.1, 0.15) is 0 Å². The second kappa shape index (κ2) is 4.64. The number of hydrogen-bond acceptors (Lipinski definition) is 3. The predicted octanol–water partition coefficient (Wildman–Crippen LogP) is 1.57. The number of nitrogens with one attached hydrogen (secondary N) is 1. The zero-order chi connectivity index (χ0) is 10.1. The average molecular weight is 226 g/mol. The van der Waals surface area contributed by atoms with E-state index in [1.165, 1.54) is 56.8 Å². The first kappa shape index (κ1) is 10.4. The molecule has 15 heavy (non-hydrogen) atoms. The van der Waals surface area contributed by atoms with Gasteiger partial charge < -0.3 is 5.32 Å². The molecule has 3 rings (SSSR count). The molecule has 0 radical (unpaired) electrons. The molecule has 1 N–H and O–H groups in total. The highest BCUT2D eigenvalue weighted by molar-refractivity contribution is 7.99. The SMILES string of the molecule is C1CSCC(N2CCNC(C3CC3)C2)C1. The number of rotatable bonds is 2. The third-order valence-corrected chi connectivity index (χ3v) is 5.28. The molecule has 3 aliphatic rings. The van der Waals surface area contributed by atoms with E-state index in [1.807, 2.05) is 0 Å². The van der Waals surface area contributed by atoms with E-state index in [1.54, 1.807) is 0 Å². The largest absolute Gasteiger partial charge is 0.311 e. The van der Waals surface area contributed by atoms with Crippen molar-refractivity contribution in [1.82, 2.24) is 10.2 Å². The van der Waals surface area contributed by atoms with Crippen LogP contribution in [0.1, 0.15) is 25.7 Å². The van der Waals surface area contributed by atoms with Crippen molar-refractivity contribution < 1.29 is 0 Å². The van der Waals surface area contributed by atoms with Gasteiger partial charge in [0, 0.05) is 37.5 Å². The zero-order valence-electron chi connectivity index (χ0n) is 9.45.